The minimum Gasteiger partial charge on any atom is -0.481 e. The molecule has 2 aromatic heterocycles. The summed E-state index contributed by atoms with van der Waals surface area (Å²) in [5.74, 6) is 1.45. The van der Waals surface area contributed by atoms with E-state index in [1.165, 1.54) is 11.1 Å². The molecule has 4 aliphatic rings. The largest absolute Gasteiger partial charge is 0.481 e. The van der Waals surface area contributed by atoms with Crippen LogP contribution in [0, 0.1) is 0 Å². The summed E-state index contributed by atoms with van der Waals surface area (Å²) in [6.45, 7) is 5.48. The third kappa shape index (κ3) is 6.75. The average molecular weight is 756 g/mol. The van der Waals surface area contributed by atoms with Crippen molar-refractivity contribution in [2.45, 2.75) is 63.6 Å². The molecule has 4 aromatic rings. The van der Waals surface area contributed by atoms with Gasteiger partial charge in [0, 0.05) is 97.6 Å². The number of hydrogen-bond acceptors (Lipinski definition) is 8. The lowest BCUT2D eigenvalue weighted by atomic mass is 9.97. The number of nitrogens with zero attached hydrogens (tertiary/aromatic N) is 4. The van der Waals surface area contributed by atoms with E-state index in [-0.39, 0.29) is 29.9 Å². The summed E-state index contributed by atoms with van der Waals surface area (Å²) in [5, 5.41) is 7.80. The maximum Gasteiger partial charge on any atom is 0.220 e. The lowest BCUT2D eigenvalue weighted by molar-refractivity contribution is -0.130. The molecule has 53 heavy (non-hydrogen) atoms. The molecule has 0 spiro atoms. The molecule has 0 saturated carbocycles. The Morgan fingerprint density at radius 1 is 0.811 bits per heavy atom. The van der Waals surface area contributed by atoms with Crippen LogP contribution in [0.25, 0.3) is 33.6 Å². The monoisotopic (exact) mass is 754 g/mol. The van der Waals surface area contributed by atoms with Crippen molar-refractivity contribution in [3.63, 3.8) is 0 Å². The Kier molecular flexibility index (Phi) is 10.1. The van der Waals surface area contributed by atoms with Gasteiger partial charge in [-0.15, -0.1) is 0 Å². The van der Waals surface area contributed by atoms with E-state index in [1.807, 2.05) is 41.3 Å². The van der Waals surface area contributed by atoms with Crippen molar-refractivity contribution in [3.8, 4) is 45.4 Å². The predicted octanol–water partition coefficient (Wildman–Crippen LogP) is 6.81. The van der Waals surface area contributed by atoms with Crippen molar-refractivity contribution in [1.82, 2.24) is 30.4 Å². The molecule has 2 aliphatic heterocycles. The number of aromatic nitrogens is 2. The van der Waals surface area contributed by atoms with Gasteiger partial charge >= 0.3 is 0 Å². The predicted molar refractivity (Wildman–Crippen MR) is 207 cm³/mol. The highest BCUT2D eigenvalue weighted by Crippen LogP contribution is 2.47. The molecule has 3 atom stereocenters. The first-order chi connectivity index (χ1) is 25.7. The van der Waals surface area contributed by atoms with Crippen molar-refractivity contribution < 1.29 is 19.1 Å². The molecular weight excluding hydrogens is 711 g/mol. The number of hydrogen-bond donors (Lipinski definition) is 2. The zero-order chi connectivity index (χ0) is 36.8. The molecule has 0 unspecified atom stereocenters. The van der Waals surface area contributed by atoms with Crippen molar-refractivity contribution in [1.29, 1.82) is 0 Å². The number of fused-ring (bicyclic) bond motifs is 2. The van der Waals surface area contributed by atoms with Crippen LogP contribution in [0.1, 0.15) is 66.9 Å². The number of pyridine rings is 2. The van der Waals surface area contributed by atoms with E-state index in [0.717, 1.165) is 103 Å². The summed E-state index contributed by atoms with van der Waals surface area (Å²) in [4.78, 5) is 38.0. The average Bonchev–Trinajstić information content (AvgIpc) is 3.92. The topological polar surface area (TPSA) is 109 Å². The Balaban J connectivity index is 1.07. The smallest absolute Gasteiger partial charge is 0.220 e. The zero-order valence-electron chi connectivity index (χ0n) is 30.3. The van der Waals surface area contributed by atoms with E-state index in [2.05, 4.69) is 27.7 Å². The highest BCUT2D eigenvalue weighted by atomic mass is 35.5. The number of ether oxygens (including phenoxy) is 2. The summed E-state index contributed by atoms with van der Waals surface area (Å²) in [5.41, 5.74) is 9.30. The molecular formula is C41H44Cl2N6O4. The second kappa shape index (κ2) is 14.9. The van der Waals surface area contributed by atoms with E-state index in [4.69, 9.17) is 42.6 Å². The van der Waals surface area contributed by atoms with Crippen molar-refractivity contribution in [2.75, 3.05) is 46.9 Å². The van der Waals surface area contributed by atoms with Crippen LogP contribution in [0.5, 0.6) is 11.8 Å². The standard InChI is InChI=1S/C41H44Cl2N6O4/c1-23(50)48-16-18-49(19-17-48)34-14-11-25-21-33(47-41(53-3)37(25)34)30-9-5-7-28(39(30)43)27-6-4-8-29(38(27)42)32-20-24-10-13-31(36(24)40(46-32)52-2)44-22-26-12-15-35(51)45-26/h4-9,20-21,26,31,34,44H,10-19,22H2,1-3H3,(H,45,51)/t26-,31-,34+/m0/s1. The SMILES string of the molecule is COc1nc(-c2cccc(-c3cccc(-c4cc5c(c(OC)n4)[C@H](N4CCN(C(C)=O)CC4)CC5)c3Cl)c2Cl)cc2c1[C@@H](NC[C@@H]1CCC(=O)N1)CC2. The summed E-state index contributed by atoms with van der Waals surface area (Å²) in [6.07, 6.45) is 5.13. The molecule has 0 radical (unpaired) electrons. The molecule has 2 fully saturated rings. The summed E-state index contributed by atoms with van der Waals surface area (Å²) in [6, 6.07) is 16.6. The quantitative estimate of drug-likeness (QED) is 0.192. The second-order valence-corrected chi connectivity index (χ2v) is 15.2. The van der Waals surface area contributed by atoms with Crippen LogP contribution < -0.4 is 20.1 Å². The van der Waals surface area contributed by atoms with Crippen LogP contribution in [0.2, 0.25) is 10.0 Å². The van der Waals surface area contributed by atoms with Gasteiger partial charge in [-0.25, -0.2) is 9.97 Å². The van der Waals surface area contributed by atoms with E-state index in [9.17, 15) is 9.59 Å². The third-order valence-electron chi connectivity index (χ3n) is 11.4. The Hall–Kier alpha value is -4.22. The van der Waals surface area contributed by atoms with Gasteiger partial charge in [0.1, 0.15) is 0 Å². The lowest BCUT2D eigenvalue weighted by Crippen LogP contribution is -2.48. The van der Waals surface area contributed by atoms with E-state index in [1.54, 1.807) is 21.1 Å². The summed E-state index contributed by atoms with van der Waals surface area (Å²) < 4.78 is 11.8. The molecule has 8 rings (SSSR count). The Bertz CT molecular complexity index is 2080. The maximum atomic E-state index is 11.9. The molecule has 12 heteroatoms. The van der Waals surface area contributed by atoms with Crippen LogP contribution in [-0.4, -0.2) is 84.6 Å². The summed E-state index contributed by atoms with van der Waals surface area (Å²) in [7, 11) is 3.33. The van der Waals surface area contributed by atoms with Gasteiger partial charge in [0.2, 0.25) is 23.6 Å². The van der Waals surface area contributed by atoms with Gasteiger partial charge in [0.25, 0.3) is 0 Å². The van der Waals surface area contributed by atoms with Gasteiger partial charge in [0.05, 0.1) is 35.7 Å². The number of aryl methyl sites for hydroxylation is 2. The molecule has 4 heterocycles. The fourth-order valence-corrected chi connectivity index (χ4v) is 9.33. The number of rotatable bonds is 9. The van der Waals surface area contributed by atoms with Gasteiger partial charge in [-0.2, -0.15) is 0 Å². The van der Waals surface area contributed by atoms with Gasteiger partial charge in [-0.3, -0.25) is 14.5 Å². The second-order valence-electron chi connectivity index (χ2n) is 14.4. The van der Waals surface area contributed by atoms with Crippen molar-refractivity contribution >= 4 is 35.0 Å². The first-order valence-electron chi connectivity index (χ1n) is 18.5. The number of methoxy groups -OCH3 is 2. The normalized spacial score (nSPS) is 21.0. The van der Waals surface area contributed by atoms with Gasteiger partial charge in [-0.1, -0.05) is 59.6 Å². The molecule has 0 bridgehead atoms. The molecule has 2 N–H and O–H groups in total. The van der Waals surface area contributed by atoms with Gasteiger partial charge < -0.3 is 25.0 Å². The van der Waals surface area contributed by atoms with Crippen LogP contribution in [-0.2, 0) is 22.4 Å². The molecule has 2 aliphatic carbocycles. The highest BCUT2D eigenvalue weighted by molar-refractivity contribution is 6.39. The molecule has 2 aromatic carbocycles. The fraction of sp³-hybridized carbons (Fsp3) is 0.415. The minimum atomic E-state index is 0.100. The van der Waals surface area contributed by atoms with E-state index in [0.29, 0.717) is 34.8 Å². The molecule has 2 amide bonds. The third-order valence-corrected chi connectivity index (χ3v) is 12.2. The minimum absolute atomic E-state index is 0.100. The Labute approximate surface area is 320 Å². The summed E-state index contributed by atoms with van der Waals surface area (Å²) >= 11 is 14.5. The first kappa shape index (κ1) is 35.8. The van der Waals surface area contributed by atoms with Crippen LogP contribution in [0.3, 0.4) is 0 Å². The Morgan fingerprint density at radius 3 is 1.94 bits per heavy atom. The van der Waals surface area contributed by atoms with Crippen LogP contribution in [0.15, 0.2) is 48.5 Å². The molecule has 276 valence electrons. The zero-order valence-corrected chi connectivity index (χ0v) is 31.8. The van der Waals surface area contributed by atoms with E-state index >= 15 is 0 Å². The Morgan fingerprint density at radius 2 is 1.38 bits per heavy atom. The number of piperazine rings is 1. The number of benzene rings is 2. The highest BCUT2D eigenvalue weighted by Gasteiger charge is 2.35. The number of nitrogens with one attached hydrogen (secondary N) is 2. The number of carbonyl (C=O) groups excluding carboxylic acids is 2. The number of amides is 2. The van der Waals surface area contributed by atoms with E-state index < -0.39 is 0 Å². The van der Waals surface area contributed by atoms with Crippen LogP contribution >= 0.6 is 23.2 Å². The number of halogens is 2. The fourth-order valence-electron chi connectivity index (χ4n) is 8.68. The molecule has 2 saturated heterocycles. The maximum absolute atomic E-state index is 11.9. The lowest BCUT2D eigenvalue weighted by Gasteiger charge is -2.38. The van der Waals surface area contributed by atoms with Gasteiger partial charge in [0.15, 0.2) is 0 Å². The van der Waals surface area contributed by atoms with Crippen molar-refractivity contribution in [2.24, 2.45) is 0 Å². The number of carbonyl (C=O) groups is 2. The first-order valence-corrected chi connectivity index (χ1v) is 19.3. The van der Waals surface area contributed by atoms with Crippen molar-refractivity contribution in [3.05, 3.63) is 80.8 Å². The van der Waals surface area contributed by atoms with Gasteiger partial charge in [-0.05, 0) is 55.4 Å². The van der Waals surface area contributed by atoms with Crippen LogP contribution in [0.4, 0.5) is 0 Å². The molecule has 10 nitrogen and oxygen atoms in total.